The highest BCUT2D eigenvalue weighted by atomic mass is 16.1. The molecular formula is C15H17NO. The molecule has 0 radical (unpaired) electrons. The second kappa shape index (κ2) is 5.14. The van der Waals surface area contributed by atoms with Crippen molar-refractivity contribution in [2.45, 2.75) is 44.4 Å². The van der Waals surface area contributed by atoms with Gasteiger partial charge < -0.3 is 0 Å². The minimum absolute atomic E-state index is 0.0583. The molecule has 1 aromatic rings. The van der Waals surface area contributed by atoms with Gasteiger partial charge in [0.15, 0.2) is 0 Å². The van der Waals surface area contributed by atoms with Gasteiger partial charge in [0.05, 0.1) is 12.0 Å². The molecule has 17 heavy (non-hydrogen) atoms. The largest absolute Gasteiger partial charge is 0.300 e. The van der Waals surface area contributed by atoms with Crippen LogP contribution in [0.3, 0.4) is 0 Å². The topological polar surface area (TPSA) is 40.9 Å². The van der Waals surface area contributed by atoms with Gasteiger partial charge in [-0.05, 0) is 36.8 Å². The number of benzene rings is 1. The van der Waals surface area contributed by atoms with Crippen LogP contribution in [0.4, 0.5) is 0 Å². The van der Waals surface area contributed by atoms with Gasteiger partial charge in [0.2, 0.25) is 0 Å². The molecule has 2 nitrogen and oxygen atoms in total. The molecule has 1 aliphatic rings. The van der Waals surface area contributed by atoms with Crippen LogP contribution < -0.4 is 0 Å². The lowest BCUT2D eigenvalue weighted by molar-refractivity contribution is -0.120. The molecule has 0 spiro atoms. The summed E-state index contributed by atoms with van der Waals surface area (Å²) in [6, 6.07) is 10.4. The van der Waals surface area contributed by atoms with Crippen LogP contribution in [0.5, 0.6) is 0 Å². The molecule has 1 aromatic carbocycles. The average Bonchev–Trinajstić information content (AvgIpc) is 2.38. The standard InChI is InChI=1S/C15H17NO/c1-11(10-16)12-5-7-13(8-6-12)14-3-2-4-15(17)9-14/h5-8,11,14H,2-4,9H2,1H3. The minimum Gasteiger partial charge on any atom is -0.300 e. The summed E-state index contributed by atoms with van der Waals surface area (Å²) < 4.78 is 0. The molecule has 0 aliphatic heterocycles. The van der Waals surface area contributed by atoms with Crippen molar-refractivity contribution < 1.29 is 4.79 Å². The third-order valence-electron chi connectivity index (χ3n) is 3.58. The second-order valence-corrected chi connectivity index (χ2v) is 4.85. The lowest BCUT2D eigenvalue weighted by Gasteiger charge is -2.21. The van der Waals surface area contributed by atoms with E-state index in [1.807, 2.05) is 19.1 Å². The Bertz CT molecular complexity index is 441. The van der Waals surface area contributed by atoms with E-state index in [0.717, 1.165) is 24.8 Å². The van der Waals surface area contributed by atoms with E-state index in [2.05, 4.69) is 18.2 Å². The summed E-state index contributed by atoms with van der Waals surface area (Å²) in [7, 11) is 0. The molecule has 2 atom stereocenters. The summed E-state index contributed by atoms with van der Waals surface area (Å²) in [4.78, 5) is 11.4. The second-order valence-electron chi connectivity index (χ2n) is 4.85. The van der Waals surface area contributed by atoms with Gasteiger partial charge in [-0.25, -0.2) is 0 Å². The fourth-order valence-corrected chi connectivity index (χ4v) is 2.44. The van der Waals surface area contributed by atoms with Crippen LogP contribution in [0.1, 0.15) is 55.6 Å². The summed E-state index contributed by atoms with van der Waals surface area (Å²) in [5.41, 5.74) is 2.30. The van der Waals surface area contributed by atoms with Gasteiger partial charge in [0.1, 0.15) is 5.78 Å². The first-order chi connectivity index (χ1) is 8.20. The number of ketones is 1. The van der Waals surface area contributed by atoms with Crippen molar-refractivity contribution in [3.8, 4) is 6.07 Å². The Labute approximate surface area is 102 Å². The van der Waals surface area contributed by atoms with Crippen LogP contribution in [0.15, 0.2) is 24.3 Å². The lowest BCUT2D eigenvalue weighted by atomic mass is 9.83. The zero-order valence-electron chi connectivity index (χ0n) is 10.1. The first kappa shape index (κ1) is 11.9. The predicted molar refractivity (Wildman–Crippen MR) is 66.7 cm³/mol. The summed E-state index contributed by atoms with van der Waals surface area (Å²) in [6.45, 7) is 1.90. The van der Waals surface area contributed by atoms with E-state index in [1.54, 1.807) is 0 Å². The monoisotopic (exact) mass is 227 g/mol. The van der Waals surface area contributed by atoms with Gasteiger partial charge >= 0.3 is 0 Å². The van der Waals surface area contributed by atoms with Gasteiger partial charge in [0, 0.05) is 12.8 Å². The maximum Gasteiger partial charge on any atom is 0.133 e. The van der Waals surface area contributed by atoms with Gasteiger partial charge in [-0.3, -0.25) is 4.79 Å². The number of rotatable bonds is 2. The summed E-state index contributed by atoms with van der Waals surface area (Å²) in [5, 5.41) is 8.85. The summed E-state index contributed by atoms with van der Waals surface area (Å²) in [5.74, 6) is 0.718. The van der Waals surface area contributed by atoms with Crippen molar-refractivity contribution in [3.05, 3.63) is 35.4 Å². The van der Waals surface area contributed by atoms with Crippen LogP contribution in [0, 0.1) is 11.3 Å². The number of hydrogen-bond donors (Lipinski definition) is 0. The van der Waals surface area contributed by atoms with Crippen LogP contribution in [-0.4, -0.2) is 5.78 Å². The number of Topliss-reactive ketones (excluding diaryl/α,β-unsaturated/α-hetero) is 1. The predicted octanol–water partition coefficient (Wildman–Crippen LogP) is 3.54. The number of nitrogens with zero attached hydrogens (tertiary/aromatic N) is 1. The normalized spacial score (nSPS) is 21.9. The quantitative estimate of drug-likeness (QED) is 0.775. The molecule has 2 unspecified atom stereocenters. The molecule has 0 saturated heterocycles. The molecule has 0 heterocycles. The van der Waals surface area contributed by atoms with E-state index < -0.39 is 0 Å². The van der Waals surface area contributed by atoms with E-state index in [0.29, 0.717) is 18.1 Å². The first-order valence-electron chi connectivity index (χ1n) is 6.22. The zero-order valence-corrected chi connectivity index (χ0v) is 10.1. The molecular weight excluding hydrogens is 210 g/mol. The first-order valence-corrected chi connectivity index (χ1v) is 6.22. The highest BCUT2D eigenvalue weighted by molar-refractivity contribution is 5.80. The van der Waals surface area contributed by atoms with Crippen molar-refractivity contribution in [2.24, 2.45) is 0 Å². The number of hydrogen-bond acceptors (Lipinski definition) is 2. The summed E-state index contributed by atoms with van der Waals surface area (Å²) in [6.07, 6.45) is 3.56. The molecule has 2 rings (SSSR count). The van der Waals surface area contributed by atoms with E-state index in [-0.39, 0.29) is 5.92 Å². The average molecular weight is 227 g/mol. The highest BCUT2D eigenvalue weighted by Gasteiger charge is 2.20. The smallest absolute Gasteiger partial charge is 0.133 e. The van der Waals surface area contributed by atoms with E-state index in [4.69, 9.17) is 5.26 Å². The van der Waals surface area contributed by atoms with Crippen LogP contribution in [-0.2, 0) is 4.79 Å². The SMILES string of the molecule is CC(C#N)c1ccc(C2CCCC(=O)C2)cc1. The Morgan fingerprint density at radius 3 is 2.65 bits per heavy atom. The van der Waals surface area contributed by atoms with E-state index in [9.17, 15) is 4.79 Å². The fourth-order valence-electron chi connectivity index (χ4n) is 2.44. The molecule has 2 heteroatoms. The van der Waals surface area contributed by atoms with Crippen molar-refractivity contribution >= 4 is 5.78 Å². The Morgan fingerprint density at radius 1 is 1.35 bits per heavy atom. The number of carbonyl (C=O) groups excluding carboxylic acids is 1. The molecule has 0 bridgehead atoms. The maximum absolute atomic E-state index is 11.4. The zero-order chi connectivity index (χ0) is 12.3. The number of nitriles is 1. The van der Waals surface area contributed by atoms with E-state index >= 15 is 0 Å². The van der Waals surface area contributed by atoms with Crippen LogP contribution in [0.2, 0.25) is 0 Å². The Hall–Kier alpha value is -1.62. The molecule has 1 aliphatic carbocycles. The third kappa shape index (κ3) is 2.74. The Kier molecular flexibility index (Phi) is 3.58. The van der Waals surface area contributed by atoms with Crippen LogP contribution >= 0.6 is 0 Å². The fraction of sp³-hybridized carbons (Fsp3) is 0.467. The molecule has 88 valence electrons. The van der Waals surface area contributed by atoms with Gasteiger partial charge in [-0.2, -0.15) is 5.26 Å². The van der Waals surface area contributed by atoms with Crippen molar-refractivity contribution in [1.29, 1.82) is 5.26 Å². The van der Waals surface area contributed by atoms with Crippen molar-refractivity contribution in [2.75, 3.05) is 0 Å². The Balaban J connectivity index is 2.12. The Morgan fingerprint density at radius 2 is 2.06 bits per heavy atom. The molecule has 1 saturated carbocycles. The molecule has 1 fully saturated rings. The van der Waals surface area contributed by atoms with Gasteiger partial charge in [-0.1, -0.05) is 24.3 Å². The van der Waals surface area contributed by atoms with Gasteiger partial charge in [0.25, 0.3) is 0 Å². The lowest BCUT2D eigenvalue weighted by Crippen LogP contribution is -2.13. The minimum atomic E-state index is -0.0583. The molecule has 0 N–H and O–H groups in total. The van der Waals surface area contributed by atoms with Crippen molar-refractivity contribution in [3.63, 3.8) is 0 Å². The van der Waals surface area contributed by atoms with Crippen molar-refractivity contribution in [1.82, 2.24) is 0 Å². The summed E-state index contributed by atoms with van der Waals surface area (Å²) >= 11 is 0. The highest BCUT2D eigenvalue weighted by Crippen LogP contribution is 2.31. The van der Waals surface area contributed by atoms with Gasteiger partial charge in [-0.15, -0.1) is 0 Å². The maximum atomic E-state index is 11.4. The van der Waals surface area contributed by atoms with Crippen LogP contribution in [0.25, 0.3) is 0 Å². The number of carbonyl (C=O) groups is 1. The molecule has 0 amide bonds. The third-order valence-corrected chi connectivity index (χ3v) is 3.58. The molecule has 0 aromatic heterocycles. The van der Waals surface area contributed by atoms with E-state index in [1.165, 1.54) is 5.56 Å².